The lowest BCUT2D eigenvalue weighted by molar-refractivity contribution is -0.233. The number of carbonyl (C=O) groups is 1. The zero-order valence-electron chi connectivity index (χ0n) is 56.5. The van der Waals surface area contributed by atoms with Gasteiger partial charge in [-0.3, -0.25) is 27.1 Å². The second-order valence-electron chi connectivity index (χ2n) is 27.9. The average molecular weight is 1380 g/mol. The Kier molecular flexibility index (Phi) is 23.5. The normalized spacial score (nSPS) is 24.9. The first-order valence-corrected chi connectivity index (χ1v) is 41.3. The first kappa shape index (κ1) is 72.1. The maximum Gasteiger partial charge on any atom is 0.475 e. The third-order valence-electron chi connectivity index (χ3n) is 19.3. The van der Waals surface area contributed by atoms with Crippen LogP contribution in [0.1, 0.15) is 106 Å². The predicted octanol–water partition coefficient (Wildman–Crippen LogP) is 17.2. The van der Waals surface area contributed by atoms with Gasteiger partial charge in [-0.1, -0.05) is 218 Å². The first-order valence-electron chi connectivity index (χ1n) is 32.6. The Hall–Kier alpha value is -5.69. The van der Waals surface area contributed by atoms with Gasteiger partial charge in [-0.15, -0.1) is 0 Å². The van der Waals surface area contributed by atoms with Crippen LogP contribution in [0.25, 0.3) is 21.6 Å². The van der Waals surface area contributed by atoms with Crippen molar-refractivity contribution in [2.75, 3.05) is 19.8 Å². The fourth-order valence-corrected chi connectivity index (χ4v) is 16.8. The highest BCUT2D eigenvalue weighted by Gasteiger charge is 2.54. The maximum absolute atomic E-state index is 14.3. The summed E-state index contributed by atoms with van der Waals surface area (Å²) in [6, 6.07) is 49.8. The van der Waals surface area contributed by atoms with E-state index < -0.39 is 99.3 Å². The number of hydrogen-bond donors (Lipinski definition) is 1. The highest BCUT2D eigenvalue weighted by Crippen LogP contribution is 2.58. The Labute approximate surface area is 561 Å². The molecule has 20 nitrogen and oxygen atoms in total. The summed E-state index contributed by atoms with van der Waals surface area (Å²) in [5.74, 6) is -1.08. The number of carbonyl (C=O) groups excluding carboxylic acids is 1. The van der Waals surface area contributed by atoms with Crippen molar-refractivity contribution in [1.82, 2.24) is 5.32 Å². The summed E-state index contributed by atoms with van der Waals surface area (Å²) in [5.41, 5.74) is 19.5. The predicted molar refractivity (Wildman–Crippen MR) is 366 cm³/mol. The number of phosphoric acid groups is 2. The smallest absolute Gasteiger partial charge is 0.449 e. The maximum atomic E-state index is 14.3. The Morgan fingerprint density at radius 2 is 0.926 bits per heavy atom. The number of rotatable bonds is 20. The van der Waals surface area contributed by atoms with Gasteiger partial charge in [0.25, 0.3) is 0 Å². The average Bonchev–Trinajstić information content (AvgIpc) is 1.69. The zero-order chi connectivity index (χ0) is 67.8. The lowest BCUT2D eigenvalue weighted by Gasteiger charge is -2.49. The van der Waals surface area contributed by atoms with Crippen LogP contribution in [0.3, 0.4) is 0 Å². The quantitative estimate of drug-likeness (QED) is 0.0246. The van der Waals surface area contributed by atoms with Gasteiger partial charge in [0.2, 0.25) is 0 Å². The van der Waals surface area contributed by atoms with Crippen LogP contribution < -0.4 is 5.32 Å². The molecule has 95 heavy (non-hydrogen) atoms. The summed E-state index contributed by atoms with van der Waals surface area (Å²) in [4.78, 5) is 17.0. The summed E-state index contributed by atoms with van der Waals surface area (Å²) in [6.07, 6.45) is -5.48. The molecule has 2 fully saturated rings. The minimum absolute atomic E-state index is 0.0587. The van der Waals surface area contributed by atoms with Crippen molar-refractivity contribution in [1.29, 1.82) is 0 Å². The van der Waals surface area contributed by atoms with E-state index >= 15 is 0 Å². The summed E-state index contributed by atoms with van der Waals surface area (Å²) in [6.45, 7) is 26.5. The monoisotopic (exact) mass is 1370 g/mol. The van der Waals surface area contributed by atoms with E-state index in [1.807, 2.05) is 147 Å². The van der Waals surface area contributed by atoms with Gasteiger partial charge in [-0.05, 0) is 103 Å². The SMILES string of the molecule is C[C@@H]1C(N=[N+]=[N-])[C@H](O[Si](C)(C)C(C)(C)C)OC(COCc2ccccc2)[C@H]1OP1(=O)OCc2ccccc2CO1.C[C@@H]1C(NC(=O)OCC2c3ccccc3-c3ccccc32)[C@H](O[Si](C)(C)C(C)(C)C)OC(COCc2ccccc2)[C@H]1OP1(=O)OCc2ccccc2CO1. The summed E-state index contributed by atoms with van der Waals surface area (Å²) < 4.78 is 109. The number of alkyl carbamates (subject to hydrolysis) is 1. The second kappa shape index (κ2) is 31.0. The standard InChI is InChI=1S/C43H52NO9PSi.C28H40N3O7PSi/c1-29-39(44-42(45)48-27-37-35-22-14-12-20-33(35)34-21-13-15-23-36(34)37)41(53-55(5,6)43(2,3)4)51-38(28-47-24-30-16-8-7-9-17-30)40(29)52-54(46)49-25-31-18-10-11-19-32(31)26-50-54;1-20-25(30-31-29)27(38-40(5,6)28(2,3)4)36-24(19-33-16-21-12-8-7-9-13-21)26(20)37-39(32)34-17-22-14-10-11-15-23(22)18-35-39/h7-23,29,37-41H,24-28H2,1-6H3,(H,44,45);7-15,20,24-27H,16-19H2,1-6H3/t29-,38?,39?,40+,41+;20-,24?,25?,26+,27+/m11/s1. The zero-order valence-corrected chi connectivity index (χ0v) is 60.3. The molecule has 24 heteroatoms. The molecule has 0 spiro atoms. The van der Waals surface area contributed by atoms with Gasteiger partial charge in [0.1, 0.15) is 31.0 Å². The summed E-state index contributed by atoms with van der Waals surface area (Å²) >= 11 is 0. The number of amides is 1. The van der Waals surface area contributed by atoms with Crippen molar-refractivity contribution >= 4 is 38.4 Å². The molecule has 1 N–H and O–H groups in total. The van der Waals surface area contributed by atoms with Crippen molar-refractivity contribution in [3.63, 3.8) is 0 Å². The van der Waals surface area contributed by atoms with E-state index in [2.05, 4.69) is 107 Å². The molecular formula is C71H92N4O16P2Si2. The Morgan fingerprint density at radius 3 is 1.35 bits per heavy atom. The van der Waals surface area contributed by atoms with Gasteiger partial charge in [0, 0.05) is 16.7 Å². The molecule has 4 unspecified atom stereocenters. The number of hydrogen-bond acceptors (Lipinski definition) is 17. The van der Waals surface area contributed by atoms with Crippen LogP contribution in [0, 0.1) is 11.8 Å². The highest BCUT2D eigenvalue weighted by molar-refractivity contribution is 7.48. The molecule has 0 bridgehead atoms. The number of fused-ring (bicyclic) bond motifs is 5. The van der Waals surface area contributed by atoms with Crippen LogP contribution >= 0.6 is 15.6 Å². The molecule has 5 aliphatic rings. The topological polar surface area (TPSA) is 232 Å². The van der Waals surface area contributed by atoms with Crippen molar-refractivity contribution in [3.05, 3.63) is 213 Å². The van der Waals surface area contributed by atoms with Gasteiger partial charge >= 0.3 is 21.7 Å². The minimum Gasteiger partial charge on any atom is -0.449 e. The van der Waals surface area contributed by atoms with Crippen LogP contribution in [-0.4, -0.2) is 91.6 Å². The molecule has 1 amide bonds. The third-order valence-corrected chi connectivity index (χ3v) is 31.0. The Bertz CT molecular complexity index is 3600. The van der Waals surface area contributed by atoms with Crippen molar-refractivity contribution in [2.24, 2.45) is 17.0 Å². The molecule has 0 aromatic heterocycles. The lowest BCUT2D eigenvalue weighted by atomic mass is 9.89. The van der Waals surface area contributed by atoms with Gasteiger partial charge < -0.3 is 37.9 Å². The highest BCUT2D eigenvalue weighted by atomic mass is 31.2. The molecule has 6 aromatic carbocycles. The molecule has 510 valence electrons. The van der Waals surface area contributed by atoms with Gasteiger partial charge in [0.15, 0.2) is 29.2 Å². The fraction of sp³-hybridized carbons (Fsp3) is 0.479. The molecule has 2 saturated heterocycles. The minimum atomic E-state index is -4.12. The van der Waals surface area contributed by atoms with E-state index in [1.165, 1.54) is 0 Å². The van der Waals surface area contributed by atoms with Gasteiger partial charge in [-0.2, -0.15) is 0 Å². The molecule has 0 radical (unpaired) electrons. The number of nitrogens with one attached hydrogen (secondary N) is 1. The lowest BCUT2D eigenvalue weighted by Crippen LogP contribution is -2.64. The van der Waals surface area contributed by atoms with Crippen LogP contribution in [0.4, 0.5) is 4.79 Å². The van der Waals surface area contributed by atoms with Gasteiger partial charge in [-0.25, -0.2) is 13.9 Å². The molecule has 11 rings (SSSR count). The number of ether oxygens (including phenoxy) is 5. The Balaban J connectivity index is 0.000000218. The third kappa shape index (κ3) is 17.8. The fourth-order valence-electron chi connectivity index (χ4n) is 11.7. The second-order valence-corrected chi connectivity index (χ2v) is 40.7. The van der Waals surface area contributed by atoms with E-state index in [9.17, 15) is 19.5 Å². The van der Waals surface area contributed by atoms with E-state index in [1.54, 1.807) is 0 Å². The molecule has 4 heterocycles. The molecule has 4 aliphatic heterocycles. The first-order chi connectivity index (χ1) is 45.2. The largest absolute Gasteiger partial charge is 0.475 e. The molecule has 10 atom stereocenters. The molecule has 6 aromatic rings. The number of azide groups is 1. The summed E-state index contributed by atoms with van der Waals surface area (Å²) in [7, 11) is -12.9. The number of benzene rings is 6. The molecule has 0 saturated carbocycles. The van der Waals surface area contributed by atoms with Crippen molar-refractivity contribution in [2.45, 2.75) is 186 Å². The molecule has 1 aliphatic carbocycles. The van der Waals surface area contributed by atoms with Crippen molar-refractivity contribution < 1.29 is 73.6 Å². The Morgan fingerprint density at radius 1 is 0.547 bits per heavy atom. The van der Waals surface area contributed by atoms with Gasteiger partial charge in [0.05, 0.1) is 64.9 Å². The van der Waals surface area contributed by atoms with E-state index in [4.69, 9.17) is 59.7 Å². The summed E-state index contributed by atoms with van der Waals surface area (Å²) in [5, 5.41) is 6.88. The van der Waals surface area contributed by atoms with E-state index in [0.717, 1.165) is 55.6 Å². The van der Waals surface area contributed by atoms with Crippen molar-refractivity contribution in [3.8, 4) is 11.1 Å². The van der Waals surface area contributed by atoms with Crippen LogP contribution in [0.5, 0.6) is 0 Å². The van der Waals surface area contributed by atoms with Crippen LogP contribution in [0.2, 0.25) is 36.3 Å². The van der Waals surface area contributed by atoms with Crippen LogP contribution in [0.15, 0.2) is 163 Å². The van der Waals surface area contributed by atoms with E-state index in [0.29, 0.717) is 13.2 Å². The molecular weight excluding hydrogens is 1280 g/mol. The number of nitrogens with zero attached hydrogens (tertiary/aromatic N) is 3. The van der Waals surface area contributed by atoms with Crippen LogP contribution in [-0.2, 0) is 108 Å². The number of phosphoric ester groups is 2. The van der Waals surface area contributed by atoms with E-state index in [-0.39, 0.29) is 62.2 Å².